The van der Waals surface area contributed by atoms with E-state index in [1.165, 1.54) is 24.9 Å². The van der Waals surface area contributed by atoms with Crippen molar-refractivity contribution in [2.24, 2.45) is 0 Å². The van der Waals surface area contributed by atoms with Gasteiger partial charge in [-0.3, -0.25) is 0 Å². The van der Waals surface area contributed by atoms with Crippen LogP contribution in [0.25, 0.3) is 97.1 Å². The van der Waals surface area contributed by atoms with Crippen molar-refractivity contribution in [1.82, 2.24) is 19.9 Å². The molecule has 0 amide bonds. The Hall–Kier alpha value is -5.76. The van der Waals surface area contributed by atoms with Gasteiger partial charge in [-0.05, 0) is 36.4 Å². The maximum atomic E-state index is 6.65. The molecule has 0 bridgehead atoms. The summed E-state index contributed by atoms with van der Waals surface area (Å²) in [6.07, 6.45) is 0. The smallest absolute Gasteiger partial charge is 0.227 e. The summed E-state index contributed by atoms with van der Waals surface area (Å²) < 4.78 is 11.3. The van der Waals surface area contributed by atoms with Crippen LogP contribution in [0.4, 0.5) is 0 Å². The van der Waals surface area contributed by atoms with Crippen LogP contribution in [-0.4, -0.2) is 19.9 Å². The lowest BCUT2D eigenvalue weighted by atomic mass is 10.0. The summed E-state index contributed by atoms with van der Waals surface area (Å²) in [5.74, 6) is 2.35. The van der Waals surface area contributed by atoms with Gasteiger partial charge < -0.3 is 4.42 Å². The van der Waals surface area contributed by atoms with Crippen LogP contribution in [0, 0.1) is 0 Å². The summed E-state index contributed by atoms with van der Waals surface area (Å²) in [5, 5.41) is 4.63. The number of rotatable bonds is 4. The number of benzene rings is 6. The highest BCUT2D eigenvalue weighted by Crippen LogP contribution is 2.45. The van der Waals surface area contributed by atoms with Gasteiger partial charge in [0.1, 0.15) is 5.52 Å². The molecule has 0 radical (unpaired) electrons. The number of oxazole rings is 1. The molecule has 47 heavy (non-hydrogen) atoms. The largest absolute Gasteiger partial charge is 0.435 e. The molecule has 10 rings (SSSR count). The van der Waals surface area contributed by atoms with E-state index >= 15 is 0 Å². The van der Waals surface area contributed by atoms with Gasteiger partial charge in [-0.1, -0.05) is 97.1 Å². The zero-order valence-corrected chi connectivity index (χ0v) is 26.3. The van der Waals surface area contributed by atoms with E-state index in [1.54, 1.807) is 22.7 Å². The third-order valence-corrected chi connectivity index (χ3v) is 10.9. The van der Waals surface area contributed by atoms with Crippen LogP contribution in [0.1, 0.15) is 0 Å². The molecule has 0 N–H and O–H groups in total. The molecule has 7 heteroatoms. The normalized spacial score (nSPS) is 11.8. The molecule has 10 aromatic rings. The fourth-order valence-corrected chi connectivity index (χ4v) is 8.79. The summed E-state index contributed by atoms with van der Waals surface area (Å²) in [4.78, 5) is 20.6. The van der Waals surface area contributed by atoms with Crippen molar-refractivity contribution >= 4 is 74.1 Å². The van der Waals surface area contributed by atoms with Gasteiger partial charge in [0.25, 0.3) is 0 Å². The fourth-order valence-electron chi connectivity index (χ4n) is 6.44. The van der Waals surface area contributed by atoms with Crippen molar-refractivity contribution in [3.8, 4) is 45.6 Å². The maximum Gasteiger partial charge on any atom is 0.227 e. The SMILES string of the molecule is c1ccc(-c2nc(-c3c4oc(-c5ccccc5)nc4cc4c3sc3ccccc34)nc(-c3cccc4sc5ccccc5c34)n2)cc1. The zero-order chi connectivity index (χ0) is 30.9. The van der Waals surface area contributed by atoms with Crippen LogP contribution >= 0.6 is 22.7 Å². The Morgan fingerprint density at radius 1 is 0.468 bits per heavy atom. The highest BCUT2D eigenvalue weighted by molar-refractivity contribution is 7.26. The van der Waals surface area contributed by atoms with E-state index in [-0.39, 0.29) is 0 Å². The maximum absolute atomic E-state index is 6.65. The van der Waals surface area contributed by atoms with Gasteiger partial charge in [-0.25, -0.2) is 19.9 Å². The Morgan fingerprint density at radius 3 is 1.91 bits per heavy atom. The van der Waals surface area contributed by atoms with Crippen LogP contribution < -0.4 is 0 Å². The van der Waals surface area contributed by atoms with E-state index < -0.39 is 0 Å². The fraction of sp³-hybridized carbons (Fsp3) is 0. The van der Waals surface area contributed by atoms with Crippen LogP contribution in [-0.2, 0) is 0 Å². The number of nitrogens with zero attached hydrogens (tertiary/aromatic N) is 4. The predicted octanol–water partition coefficient (Wildman–Crippen LogP) is 11.4. The van der Waals surface area contributed by atoms with Crippen molar-refractivity contribution in [3.05, 3.63) is 133 Å². The molecule has 5 nitrogen and oxygen atoms in total. The van der Waals surface area contributed by atoms with Gasteiger partial charge in [-0.15, -0.1) is 22.7 Å². The zero-order valence-electron chi connectivity index (χ0n) is 24.7. The number of thiophene rings is 2. The molecule has 0 aliphatic rings. The van der Waals surface area contributed by atoms with E-state index in [4.69, 9.17) is 24.4 Å². The summed E-state index contributed by atoms with van der Waals surface area (Å²) >= 11 is 3.51. The third kappa shape index (κ3) is 4.21. The molecular weight excluding hydrogens is 617 g/mol. The van der Waals surface area contributed by atoms with Crippen molar-refractivity contribution in [1.29, 1.82) is 0 Å². The van der Waals surface area contributed by atoms with Gasteiger partial charge in [0.05, 0.1) is 10.3 Å². The lowest BCUT2D eigenvalue weighted by Gasteiger charge is -2.10. The minimum absolute atomic E-state index is 0.559. The van der Waals surface area contributed by atoms with Crippen LogP contribution in [0.2, 0.25) is 0 Å². The van der Waals surface area contributed by atoms with Crippen LogP contribution in [0.15, 0.2) is 138 Å². The molecular formula is C40H22N4OS2. The van der Waals surface area contributed by atoms with Gasteiger partial charge >= 0.3 is 0 Å². The Bertz CT molecular complexity index is 2800. The molecule has 4 heterocycles. The average molecular weight is 639 g/mol. The van der Waals surface area contributed by atoms with Crippen molar-refractivity contribution in [3.63, 3.8) is 0 Å². The number of hydrogen-bond acceptors (Lipinski definition) is 7. The Labute approximate surface area is 276 Å². The van der Waals surface area contributed by atoms with E-state index in [1.807, 2.05) is 60.7 Å². The summed E-state index contributed by atoms with van der Waals surface area (Å²) in [5.41, 5.74) is 5.07. The number of fused-ring (bicyclic) bond motifs is 7. The van der Waals surface area contributed by atoms with Gasteiger partial charge in [0, 0.05) is 52.3 Å². The molecule has 4 aromatic heterocycles. The van der Waals surface area contributed by atoms with Crippen LogP contribution in [0.3, 0.4) is 0 Å². The number of hydrogen-bond donors (Lipinski definition) is 0. The van der Waals surface area contributed by atoms with Crippen molar-refractivity contribution in [2.45, 2.75) is 0 Å². The second-order valence-electron chi connectivity index (χ2n) is 11.4. The second kappa shape index (κ2) is 10.4. The topological polar surface area (TPSA) is 64.7 Å². The molecule has 0 aliphatic heterocycles. The Morgan fingerprint density at radius 2 is 1.11 bits per heavy atom. The average Bonchev–Trinajstić information content (AvgIpc) is 3.84. The summed E-state index contributed by atoms with van der Waals surface area (Å²) in [6.45, 7) is 0. The lowest BCUT2D eigenvalue weighted by molar-refractivity contribution is 0.621. The number of aromatic nitrogens is 4. The first-order valence-electron chi connectivity index (χ1n) is 15.3. The first-order chi connectivity index (χ1) is 23.3. The molecule has 0 spiro atoms. The molecule has 0 saturated carbocycles. The van der Waals surface area contributed by atoms with E-state index in [2.05, 4.69) is 72.8 Å². The standard InChI is InChI=1S/C40H22N4OS2/c1-3-12-23(13-4-1)37-42-38(27-18-11-21-32-33(27)26-17-8-10-20-31(26)46-32)44-39(43-37)34-35-29(41-40(45-35)24-14-5-2-6-15-24)22-28-25-16-7-9-19-30(25)47-36(28)34/h1-22H. The van der Waals surface area contributed by atoms with E-state index in [0.717, 1.165) is 43.2 Å². The third-order valence-electron chi connectivity index (χ3n) is 8.58. The molecule has 0 atom stereocenters. The Kier molecular flexibility index (Phi) is 5.85. The quantitative estimate of drug-likeness (QED) is 0.192. The first-order valence-corrected chi connectivity index (χ1v) is 16.9. The van der Waals surface area contributed by atoms with Crippen molar-refractivity contribution < 1.29 is 4.42 Å². The van der Waals surface area contributed by atoms with E-state index in [9.17, 15) is 0 Å². The molecule has 0 unspecified atom stereocenters. The van der Waals surface area contributed by atoms with E-state index in [0.29, 0.717) is 28.9 Å². The first kappa shape index (κ1) is 26.5. The minimum Gasteiger partial charge on any atom is -0.435 e. The second-order valence-corrected chi connectivity index (χ2v) is 13.5. The minimum atomic E-state index is 0.559. The highest BCUT2D eigenvalue weighted by Gasteiger charge is 2.24. The highest BCUT2D eigenvalue weighted by atomic mass is 32.1. The van der Waals surface area contributed by atoms with Crippen LogP contribution in [0.5, 0.6) is 0 Å². The van der Waals surface area contributed by atoms with Gasteiger partial charge in [0.2, 0.25) is 5.89 Å². The summed E-state index contributed by atoms with van der Waals surface area (Å²) in [6, 6.07) is 45.7. The van der Waals surface area contributed by atoms with Gasteiger partial charge in [-0.2, -0.15) is 0 Å². The summed E-state index contributed by atoms with van der Waals surface area (Å²) in [7, 11) is 0. The molecule has 0 saturated heterocycles. The lowest BCUT2D eigenvalue weighted by Crippen LogP contribution is -2.00. The molecule has 0 fully saturated rings. The molecule has 0 aliphatic carbocycles. The van der Waals surface area contributed by atoms with Gasteiger partial charge in [0.15, 0.2) is 23.1 Å². The molecule has 6 aromatic carbocycles. The molecule has 220 valence electrons. The van der Waals surface area contributed by atoms with Crippen molar-refractivity contribution in [2.75, 3.05) is 0 Å². The Balaban J connectivity index is 1.32. The monoisotopic (exact) mass is 638 g/mol. The predicted molar refractivity (Wildman–Crippen MR) is 195 cm³/mol.